The molecule has 194 valence electrons. The zero-order valence-electron chi connectivity index (χ0n) is 21.0. The lowest BCUT2D eigenvalue weighted by atomic mass is 9.96. The molecule has 1 aliphatic carbocycles. The average Bonchev–Trinajstić information content (AvgIpc) is 3.25. The highest BCUT2D eigenvalue weighted by Gasteiger charge is 2.29. The largest absolute Gasteiger partial charge is 0.495 e. The minimum Gasteiger partial charge on any atom is -0.495 e. The molecule has 10 heteroatoms. The lowest BCUT2D eigenvalue weighted by molar-refractivity contribution is 0.0996. The first-order chi connectivity index (χ1) is 17.4. The fraction of sp³-hybridized carbons (Fsp3) is 0.462. The molecule has 8 nitrogen and oxygen atoms in total. The number of carbonyl (C=O) groups excluding carboxylic acids is 1. The van der Waals surface area contributed by atoms with Crippen LogP contribution in [0.1, 0.15) is 49.4 Å². The van der Waals surface area contributed by atoms with Gasteiger partial charge in [0.25, 0.3) is 5.91 Å². The second kappa shape index (κ2) is 11.7. The van der Waals surface area contributed by atoms with Crippen LogP contribution in [0, 0.1) is 0 Å². The van der Waals surface area contributed by atoms with Gasteiger partial charge in [0.05, 0.1) is 23.3 Å². The highest BCUT2D eigenvalue weighted by molar-refractivity contribution is 7.89. The summed E-state index contributed by atoms with van der Waals surface area (Å²) < 4.78 is 41.7. The Labute approximate surface area is 216 Å². The van der Waals surface area contributed by atoms with Gasteiger partial charge in [-0.15, -0.1) is 0 Å². The van der Waals surface area contributed by atoms with E-state index in [9.17, 15) is 13.2 Å². The quantitative estimate of drug-likeness (QED) is 0.381. The van der Waals surface area contributed by atoms with Crippen molar-refractivity contribution in [1.82, 2.24) is 8.87 Å². The Morgan fingerprint density at radius 3 is 2.53 bits per heavy atom. The molecule has 1 aliphatic rings. The number of carbonyl (C=O) groups is 1. The van der Waals surface area contributed by atoms with Gasteiger partial charge < -0.3 is 14.0 Å². The van der Waals surface area contributed by atoms with Crippen LogP contribution < -0.4 is 9.54 Å². The van der Waals surface area contributed by atoms with E-state index < -0.39 is 15.9 Å². The van der Waals surface area contributed by atoms with E-state index in [1.54, 1.807) is 14.2 Å². The number of methoxy groups -OCH3 is 1. The molecule has 0 spiro atoms. The number of thiazole rings is 1. The van der Waals surface area contributed by atoms with E-state index in [4.69, 9.17) is 9.47 Å². The van der Waals surface area contributed by atoms with Gasteiger partial charge in [-0.25, -0.2) is 8.42 Å². The van der Waals surface area contributed by atoms with Crippen molar-refractivity contribution in [2.45, 2.75) is 56.5 Å². The molecule has 0 bridgehead atoms. The van der Waals surface area contributed by atoms with Crippen LogP contribution in [0.3, 0.4) is 0 Å². The zero-order valence-corrected chi connectivity index (χ0v) is 22.6. The summed E-state index contributed by atoms with van der Waals surface area (Å²) in [6.07, 6.45) is 5.02. The van der Waals surface area contributed by atoms with Gasteiger partial charge in [-0.1, -0.05) is 36.7 Å². The monoisotopic (exact) mass is 531 g/mol. The van der Waals surface area contributed by atoms with E-state index in [1.807, 2.05) is 29.7 Å². The average molecular weight is 532 g/mol. The predicted molar refractivity (Wildman–Crippen MR) is 141 cm³/mol. The Morgan fingerprint density at radius 2 is 1.86 bits per heavy atom. The predicted octanol–water partition coefficient (Wildman–Crippen LogP) is 4.44. The van der Waals surface area contributed by atoms with Gasteiger partial charge in [0, 0.05) is 31.8 Å². The van der Waals surface area contributed by atoms with Crippen molar-refractivity contribution in [3.05, 3.63) is 52.8 Å². The van der Waals surface area contributed by atoms with Crippen LogP contribution >= 0.6 is 11.3 Å². The van der Waals surface area contributed by atoms with Crippen LogP contribution in [0.25, 0.3) is 10.2 Å². The molecule has 3 aromatic rings. The third-order valence-corrected chi connectivity index (χ3v) is 9.58. The van der Waals surface area contributed by atoms with E-state index in [2.05, 4.69) is 4.99 Å². The summed E-state index contributed by atoms with van der Waals surface area (Å²) >= 11 is 1.40. The molecule has 4 rings (SSSR count). The van der Waals surface area contributed by atoms with Crippen molar-refractivity contribution in [1.29, 1.82) is 0 Å². The minimum atomic E-state index is -3.62. The lowest BCUT2D eigenvalue weighted by Crippen LogP contribution is -2.38. The molecule has 0 saturated heterocycles. The number of fused-ring (bicyclic) bond motifs is 1. The van der Waals surface area contributed by atoms with Gasteiger partial charge in [0.15, 0.2) is 4.80 Å². The summed E-state index contributed by atoms with van der Waals surface area (Å²) in [7, 11) is -0.360. The summed E-state index contributed by atoms with van der Waals surface area (Å²) in [6.45, 7) is 3.52. The number of ether oxygens (including phenoxy) is 2. The van der Waals surface area contributed by atoms with Crippen molar-refractivity contribution < 1.29 is 22.7 Å². The van der Waals surface area contributed by atoms with Crippen LogP contribution in [-0.4, -0.2) is 56.6 Å². The molecule has 1 saturated carbocycles. The Kier molecular flexibility index (Phi) is 8.61. The summed E-state index contributed by atoms with van der Waals surface area (Å²) in [5.41, 5.74) is 1.19. The van der Waals surface area contributed by atoms with E-state index >= 15 is 0 Å². The number of rotatable bonds is 9. The van der Waals surface area contributed by atoms with Crippen molar-refractivity contribution in [3.63, 3.8) is 0 Å². The van der Waals surface area contributed by atoms with Crippen molar-refractivity contribution in [2.24, 2.45) is 4.99 Å². The Hall–Kier alpha value is -2.53. The summed E-state index contributed by atoms with van der Waals surface area (Å²) in [6, 6.07) is 11.8. The number of para-hydroxylation sites is 1. The molecule has 1 fully saturated rings. The van der Waals surface area contributed by atoms with Gasteiger partial charge in [-0.05, 0) is 56.2 Å². The van der Waals surface area contributed by atoms with Crippen molar-refractivity contribution >= 4 is 37.5 Å². The van der Waals surface area contributed by atoms with Gasteiger partial charge >= 0.3 is 0 Å². The van der Waals surface area contributed by atoms with Crippen molar-refractivity contribution in [2.75, 3.05) is 27.4 Å². The topological polar surface area (TPSA) is 90.2 Å². The molecule has 1 amide bonds. The molecule has 1 aromatic heterocycles. The third-order valence-electron chi connectivity index (χ3n) is 6.61. The first kappa shape index (κ1) is 26.5. The van der Waals surface area contributed by atoms with Crippen LogP contribution in [0.15, 0.2) is 52.4 Å². The van der Waals surface area contributed by atoms with Crippen molar-refractivity contribution in [3.8, 4) is 5.75 Å². The van der Waals surface area contributed by atoms with Gasteiger partial charge in [0.1, 0.15) is 11.3 Å². The van der Waals surface area contributed by atoms with Gasteiger partial charge in [-0.2, -0.15) is 9.30 Å². The maximum absolute atomic E-state index is 13.1. The van der Waals surface area contributed by atoms with Gasteiger partial charge in [0.2, 0.25) is 10.0 Å². The molecule has 0 N–H and O–H groups in total. The summed E-state index contributed by atoms with van der Waals surface area (Å²) in [5.74, 6) is 0.265. The first-order valence-corrected chi connectivity index (χ1v) is 14.5. The lowest BCUT2D eigenvalue weighted by Gasteiger charge is -2.30. The fourth-order valence-corrected chi connectivity index (χ4v) is 7.07. The maximum Gasteiger partial charge on any atom is 0.279 e. The van der Waals surface area contributed by atoms with Crippen LogP contribution in [0.5, 0.6) is 5.75 Å². The Bertz CT molecular complexity index is 1370. The molecular formula is C26H33N3O5S2. The Balaban J connectivity index is 1.63. The minimum absolute atomic E-state index is 0.0251. The fourth-order valence-electron chi connectivity index (χ4n) is 4.58. The highest BCUT2D eigenvalue weighted by Crippen LogP contribution is 2.28. The molecular weight excluding hydrogens is 498 g/mol. The number of hydrogen-bond acceptors (Lipinski definition) is 6. The SMILES string of the molecule is CCOCCn1c(=NC(=O)c2ccc(S(=O)(=O)N(C)C3CCCCC3)cc2)sc2cccc(OC)c21. The molecule has 0 radical (unpaired) electrons. The van der Waals surface area contributed by atoms with Gasteiger partial charge in [-0.3, -0.25) is 4.79 Å². The third kappa shape index (κ3) is 5.56. The van der Waals surface area contributed by atoms with Crippen LogP contribution in [-0.2, 0) is 21.3 Å². The summed E-state index contributed by atoms with van der Waals surface area (Å²) in [4.78, 5) is 18.2. The highest BCUT2D eigenvalue weighted by atomic mass is 32.2. The standard InChI is InChI=1S/C26H33N3O5S2/c1-4-34-18-17-29-24-22(33-3)11-8-12-23(24)35-26(29)27-25(30)19-13-15-21(16-14-19)36(31,32)28(2)20-9-6-5-7-10-20/h8,11-16,20H,4-7,9-10,17-18H2,1-3H3. The second-order valence-electron chi connectivity index (χ2n) is 8.79. The molecule has 0 atom stereocenters. The van der Waals surface area contributed by atoms with E-state index in [0.29, 0.717) is 35.9 Å². The molecule has 0 aliphatic heterocycles. The number of nitrogens with zero attached hydrogens (tertiary/aromatic N) is 3. The van der Waals surface area contributed by atoms with Crippen LogP contribution in [0.2, 0.25) is 0 Å². The van der Waals surface area contributed by atoms with Crippen LogP contribution in [0.4, 0.5) is 0 Å². The Morgan fingerprint density at radius 1 is 1.14 bits per heavy atom. The molecule has 36 heavy (non-hydrogen) atoms. The van der Waals surface area contributed by atoms with E-state index in [-0.39, 0.29) is 10.9 Å². The molecule has 1 heterocycles. The number of aromatic nitrogens is 1. The number of sulfonamides is 1. The second-order valence-corrected chi connectivity index (χ2v) is 11.8. The number of hydrogen-bond donors (Lipinski definition) is 0. The first-order valence-electron chi connectivity index (χ1n) is 12.3. The van der Waals surface area contributed by atoms with E-state index in [1.165, 1.54) is 39.9 Å². The smallest absolute Gasteiger partial charge is 0.279 e. The van der Waals surface area contributed by atoms with E-state index in [0.717, 1.165) is 42.3 Å². The normalized spacial score (nSPS) is 15.6. The number of amides is 1. The summed E-state index contributed by atoms with van der Waals surface area (Å²) in [5, 5.41) is 0. The molecule has 0 unspecified atom stereocenters. The molecule has 2 aromatic carbocycles. The maximum atomic E-state index is 13.1. The zero-order chi connectivity index (χ0) is 25.7. The number of benzene rings is 2.